The fraction of sp³-hybridized carbons (Fsp3) is 0.108. The van der Waals surface area contributed by atoms with Crippen LogP contribution in [0.2, 0.25) is 0 Å². The SMILES string of the molecule is CC1=C(C(=O)Nc2ccccc2)SCCO1.COC(=O)Nc1nc2ccccc2[nH]1.O=C(O)c1ccccc1[O-].[Cu+2].[O-]c1cccc2cccnc12. The van der Waals surface area contributed by atoms with E-state index in [1.165, 1.54) is 37.4 Å². The number of carboxylic acids is 1. The van der Waals surface area contributed by atoms with Crippen LogP contribution in [-0.4, -0.2) is 57.5 Å². The molecule has 1 aliphatic rings. The van der Waals surface area contributed by atoms with Gasteiger partial charge in [0.25, 0.3) is 5.91 Å². The summed E-state index contributed by atoms with van der Waals surface area (Å²) in [7, 11) is 1.30. The Bertz CT molecular complexity index is 2090. The van der Waals surface area contributed by atoms with Crippen LogP contribution in [0.1, 0.15) is 17.3 Å². The van der Waals surface area contributed by atoms with Crippen molar-refractivity contribution in [2.45, 2.75) is 6.92 Å². The number of hydrogen-bond donors (Lipinski definition) is 4. The molecule has 6 aromatic rings. The maximum atomic E-state index is 11.9. The first-order chi connectivity index (χ1) is 24.7. The van der Waals surface area contributed by atoms with Gasteiger partial charge in [-0.15, -0.1) is 11.8 Å². The molecule has 15 heteroatoms. The number of imidazole rings is 1. The van der Waals surface area contributed by atoms with Crippen molar-refractivity contribution in [2.75, 3.05) is 30.1 Å². The third-order valence-corrected chi connectivity index (χ3v) is 7.85. The van der Waals surface area contributed by atoms with Gasteiger partial charge in [0.15, 0.2) is 0 Å². The van der Waals surface area contributed by atoms with Crippen molar-refractivity contribution in [1.29, 1.82) is 0 Å². The number of carbonyl (C=O) groups excluding carboxylic acids is 2. The Labute approximate surface area is 313 Å². The zero-order valence-corrected chi connectivity index (χ0v) is 29.6. The van der Waals surface area contributed by atoms with Crippen molar-refractivity contribution in [1.82, 2.24) is 15.0 Å². The number of rotatable bonds is 4. The van der Waals surface area contributed by atoms with E-state index in [2.05, 4.69) is 30.3 Å². The number of fused-ring (bicyclic) bond motifs is 2. The number of pyridine rings is 1. The zero-order chi connectivity index (χ0) is 36.6. The Balaban J connectivity index is 0.000000189. The van der Waals surface area contributed by atoms with Gasteiger partial charge in [-0.1, -0.05) is 84.3 Å². The minimum atomic E-state index is -1.18. The summed E-state index contributed by atoms with van der Waals surface area (Å²) in [6.07, 6.45) is 1.09. The molecule has 0 atom stereocenters. The van der Waals surface area contributed by atoms with E-state index >= 15 is 0 Å². The summed E-state index contributed by atoms with van der Waals surface area (Å²) in [6, 6.07) is 31.3. The van der Waals surface area contributed by atoms with Gasteiger partial charge >= 0.3 is 29.1 Å². The molecule has 0 saturated carbocycles. The molecule has 4 N–H and O–H groups in total. The first kappa shape index (κ1) is 40.4. The second-order valence-corrected chi connectivity index (χ2v) is 11.4. The van der Waals surface area contributed by atoms with Crippen LogP contribution in [0.5, 0.6) is 11.5 Å². The standard InChI is InChI=1S/C12H13NO2S.C9H9N3O2.C9H7NO.C7H6O3.Cu/c1-9-11(16-8-7-15-9)12(14)13-10-5-3-2-4-6-10;1-14-9(13)12-8-10-6-4-2-3-5-7(6)11-8;11-8-5-1-3-7-4-2-6-10-9(7)8;8-6-4-2-1-3-5(6)7(9)10;/h2-6H,7-8H2,1H3,(H,13,14);2-5H,1H3,(H2,10,11,12,13);1-6,11H;1-4,8H,(H,9,10);/q;;;;+2/p-2. The molecule has 0 fully saturated rings. The molecule has 52 heavy (non-hydrogen) atoms. The van der Waals surface area contributed by atoms with E-state index in [0.29, 0.717) is 28.7 Å². The molecule has 3 heterocycles. The van der Waals surface area contributed by atoms with Crippen molar-refractivity contribution < 1.29 is 56.2 Å². The van der Waals surface area contributed by atoms with Crippen molar-refractivity contribution in [3.05, 3.63) is 132 Å². The molecular weight excluding hydrogens is 738 g/mol. The average molecular weight is 771 g/mol. The number of H-pyrrole nitrogens is 1. The predicted octanol–water partition coefficient (Wildman–Crippen LogP) is 6.13. The second kappa shape index (κ2) is 20.6. The monoisotopic (exact) mass is 770 g/mol. The number of allylic oxidation sites excluding steroid dienone is 1. The van der Waals surface area contributed by atoms with Gasteiger partial charge in [-0.25, -0.2) is 14.6 Å². The van der Waals surface area contributed by atoms with E-state index in [1.807, 2.05) is 79.7 Å². The molecule has 4 aromatic carbocycles. The fourth-order valence-electron chi connectivity index (χ4n) is 4.32. The van der Waals surface area contributed by atoms with Gasteiger partial charge in [-0.3, -0.25) is 15.1 Å². The van der Waals surface area contributed by atoms with Crippen molar-refractivity contribution in [3.63, 3.8) is 0 Å². The van der Waals surface area contributed by atoms with Gasteiger partial charge in [-0.05, 0) is 48.7 Å². The van der Waals surface area contributed by atoms with E-state index < -0.39 is 17.8 Å². The predicted molar refractivity (Wildman–Crippen MR) is 192 cm³/mol. The number of aromatic amines is 1. The van der Waals surface area contributed by atoms with Crippen molar-refractivity contribution in [2.24, 2.45) is 0 Å². The van der Waals surface area contributed by atoms with Crippen LogP contribution in [0, 0.1) is 0 Å². The smallest absolute Gasteiger partial charge is 0.872 e. The summed E-state index contributed by atoms with van der Waals surface area (Å²) in [5, 5.41) is 36.4. The quantitative estimate of drug-likeness (QED) is 0.150. The van der Waals surface area contributed by atoms with Gasteiger partial charge in [0.2, 0.25) is 5.95 Å². The minimum absolute atomic E-state index is 0. The van der Waals surface area contributed by atoms with Gasteiger partial charge in [0.1, 0.15) is 10.7 Å². The van der Waals surface area contributed by atoms with Gasteiger partial charge in [-0.2, -0.15) is 0 Å². The number of para-hydroxylation sites is 5. The maximum Gasteiger partial charge on any atom is 2.00 e. The molecular formula is C37H33CuN5O8S. The molecule has 271 valence electrons. The van der Waals surface area contributed by atoms with E-state index in [9.17, 15) is 24.6 Å². The second-order valence-electron chi connectivity index (χ2n) is 10.3. The third-order valence-electron chi connectivity index (χ3n) is 6.71. The van der Waals surface area contributed by atoms with E-state index in [4.69, 9.17) is 9.84 Å². The number of thioether (sulfide) groups is 1. The molecule has 2 amide bonds. The summed E-state index contributed by atoms with van der Waals surface area (Å²) in [4.78, 5) is 44.7. The molecule has 13 nitrogen and oxygen atoms in total. The van der Waals surface area contributed by atoms with Crippen LogP contribution in [0.25, 0.3) is 21.9 Å². The fourth-order valence-corrected chi connectivity index (χ4v) is 5.13. The molecule has 1 aliphatic heterocycles. The molecule has 0 spiro atoms. The van der Waals surface area contributed by atoms with Crippen LogP contribution in [0.4, 0.5) is 16.4 Å². The van der Waals surface area contributed by atoms with Gasteiger partial charge in [0, 0.05) is 17.6 Å². The summed E-state index contributed by atoms with van der Waals surface area (Å²) in [6.45, 7) is 2.50. The molecule has 2 aromatic heterocycles. The summed E-state index contributed by atoms with van der Waals surface area (Å²) >= 11 is 1.54. The van der Waals surface area contributed by atoms with E-state index in [0.717, 1.165) is 27.9 Å². The number of amides is 2. The largest absolute Gasteiger partial charge is 2.00 e. The summed E-state index contributed by atoms with van der Waals surface area (Å²) in [5.41, 5.74) is 2.86. The number of nitrogens with zero attached hydrogens (tertiary/aromatic N) is 2. The number of anilines is 2. The number of ether oxygens (including phenoxy) is 2. The molecule has 0 aliphatic carbocycles. The zero-order valence-electron chi connectivity index (χ0n) is 27.8. The molecule has 1 radical (unpaired) electrons. The molecule has 0 saturated heterocycles. The molecule has 7 rings (SSSR count). The maximum absolute atomic E-state index is 11.9. The van der Waals surface area contributed by atoms with Crippen LogP contribution < -0.4 is 20.8 Å². The minimum Gasteiger partial charge on any atom is -0.872 e. The number of aromatic carboxylic acids is 1. The summed E-state index contributed by atoms with van der Waals surface area (Å²) < 4.78 is 9.79. The Kier molecular flexibility index (Phi) is 16.0. The van der Waals surface area contributed by atoms with Crippen molar-refractivity contribution >= 4 is 63.3 Å². The van der Waals surface area contributed by atoms with Crippen molar-refractivity contribution in [3.8, 4) is 11.5 Å². The van der Waals surface area contributed by atoms with Gasteiger partial charge in [0.05, 0.1) is 35.8 Å². The first-order valence-electron chi connectivity index (χ1n) is 15.3. The number of carboxylic acid groups (broad SMARTS) is 1. The summed E-state index contributed by atoms with van der Waals surface area (Å²) in [5.74, 6) is 0.203. The van der Waals surface area contributed by atoms with E-state index in [-0.39, 0.29) is 34.3 Å². The Morgan fingerprint density at radius 3 is 2.19 bits per heavy atom. The normalized spacial score (nSPS) is 11.4. The van der Waals surface area contributed by atoms with Crippen LogP contribution in [0.15, 0.2) is 126 Å². The molecule has 0 unspecified atom stereocenters. The molecule has 0 bridgehead atoms. The number of aromatic nitrogens is 3. The average Bonchev–Trinajstić information content (AvgIpc) is 3.56. The Morgan fingerprint density at radius 1 is 0.865 bits per heavy atom. The Morgan fingerprint density at radius 2 is 1.54 bits per heavy atom. The van der Waals surface area contributed by atoms with E-state index in [1.54, 1.807) is 24.0 Å². The number of hydrogen-bond acceptors (Lipinski definition) is 10. The van der Waals surface area contributed by atoms with Crippen LogP contribution >= 0.6 is 11.8 Å². The van der Waals surface area contributed by atoms with Crippen LogP contribution in [0.3, 0.4) is 0 Å². The Hall–Kier alpha value is -6.02. The van der Waals surface area contributed by atoms with Gasteiger partial charge < -0.3 is 35.1 Å². The topological polar surface area (TPSA) is 202 Å². The number of carbonyl (C=O) groups is 3. The number of methoxy groups -OCH3 is 1. The number of benzene rings is 4. The third kappa shape index (κ3) is 12.1. The first-order valence-corrected chi connectivity index (χ1v) is 16.3. The van der Waals surface area contributed by atoms with Crippen LogP contribution in [-0.2, 0) is 31.3 Å². The number of nitrogens with one attached hydrogen (secondary N) is 3.